The fourth-order valence-electron chi connectivity index (χ4n) is 2.11. The number of carbonyl (C=O) groups excluding carboxylic acids is 1. The summed E-state index contributed by atoms with van der Waals surface area (Å²) in [5, 5.41) is 3.27. The molecule has 0 radical (unpaired) electrons. The first kappa shape index (κ1) is 11.9. The number of pyridine rings is 1. The molecule has 1 aromatic heterocycles. The second-order valence-corrected chi connectivity index (χ2v) is 4.34. The second kappa shape index (κ2) is 5.14. The average molecular weight is 235 g/mol. The number of hydrogen-bond acceptors (Lipinski definition) is 3. The van der Waals surface area contributed by atoms with E-state index >= 15 is 0 Å². The molecule has 1 aliphatic rings. The van der Waals surface area contributed by atoms with Gasteiger partial charge in [-0.3, -0.25) is 9.59 Å². The topological polar surface area (TPSA) is 65.2 Å². The van der Waals surface area contributed by atoms with Crippen molar-refractivity contribution in [2.24, 2.45) is 0 Å². The number of carbonyl (C=O) groups is 1. The number of nitrogens with zero attached hydrogens (tertiary/aromatic N) is 1. The van der Waals surface area contributed by atoms with Gasteiger partial charge in [0.15, 0.2) is 0 Å². The molecule has 0 aliphatic carbocycles. The summed E-state index contributed by atoms with van der Waals surface area (Å²) in [6, 6.07) is 3.23. The molecule has 0 spiro atoms. The Morgan fingerprint density at radius 2 is 2.06 bits per heavy atom. The zero-order valence-corrected chi connectivity index (χ0v) is 9.90. The van der Waals surface area contributed by atoms with Gasteiger partial charge in [-0.15, -0.1) is 0 Å². The van der Waals surface area contributed by atoms with Crippen LogP contribution in [-0.4, -0.2) is 42.0 Å². The molecule has 1 saturated heterocycles. The van der Waals surface area contributed by atoms with Gasteiger partial charge in [0, 0.05) is 25.4 Å². The molecule has 0 aromatic carbocycles. The highest BCUT2D eigenvalue weighted by atomic mass is 16.2. The highest BCUT2D eigenvalue weighted by molar-refractivity contribution is 5.93. The maximum absolute atomic E-state index is 12.1. The molecule has 1 aromatic rings. The van der Waals surface area contributed by atoms with Crippen molar-refractivity contribution in [1.82, 2.24) is 15.2 Å². The SMILES string of the molecule is CN(C(=O)c1ccc(=O)[nH]c1)C1CCNCC1. The van der Waals surface area contributed by atoms with Gasteiger partial charge in [-0.05, 0) is 32.0 Å². The van der Waals surface area contributed by atoms with E-state index in [4.69, 9.17) is 0 Å². The third-order valence-corrected chi connectivity index (χ3v) is 3.21. The smallest absolute Gasteiger partial charge is 0.255 e. The van der Waals surface area contributed by atoms with Crippen LogP contribution in [0, 0.1) is 0 Å². The van der Waals surface area contributed by atoms with Gasteiger partial charge in [0.25, 0.3) is 5.91 Å². The van der Waals surface area contributed by atoms with Gasteiger partial charge >= 0.3 is 0 Å². The minimum absolute atomic E-state index is 0.0341. The normalized spacial score (nSPS) is 16.8. The molecule has 5 heteroatoms. The lowest BCUT2D eigenvalue weighted by atomic mass is 10.0. The molecule has 0 bridgehead atoms. The number of H-pyrrole nitrogens is 1. The number of hydrogen-bond donors (Lipinski definition) is 2. The third-order valence-electron chi connectivity index (χ3n) is 3.21. The van der Waals surface area contributed by atoms with Crippen molar-refractivity contribution >= 4 is 5.91 Å². The van der Waals surface area contributed by atoms with Crippen LogP contribution in [0.5, 0.6) is 0 Å². The van der Waals surface area contributed by atoms with Crippen molar-refractivity contribution in [2.45, 2.75) is 18.9 Å². The monoisotopic (exact) mass is 235 g/mol. The van der Waals surface area contributed by atoms with Gasteiger partial charge in [-0.1, -0.05) is 0 Å². The van der Waals surface area contributed by atoms with Crippen LogP contribution in [0.1, 0.15) is 23.2 Å². The van der Waals surface area contributed by atoms with Crippen LogP contribution in [0.4, 0.5) is 0 Å². The predicted molar refractivity (Wildman–Crippen MR) is 65.0 cm³/mol. The maximum Gasteiger partial charge on any atom is 0.255 e. The summed E-state index contributed by atoms with van der Waals surface area (Å²) < 4.78 is 0. The number of aromatic amines is 1. The van der Waals surface area contributed by atoms with Crippen molar-refractivity contribution < 1.29 is 4.79 Å². The first-order chi connectivity index (χ1) is 8.18. The number of nitrogens with one attached hydrogen (secondary N) is 2. The molecule has 1 fully saturated rings. The third kappa shape index (κ3) is 2.74. The molecule has 0 saturated carbocycles. The van der Waals surface area contributed by atoms with Gasteiger partial charge in [0.05, 0.1) is 5.56 Å². The summed E-state index contributed by atoms with van der Waals surface area (Å²) in [7, 11) is 1.82. The zero-order chi connectivity index (χ0) is 12.3. The Morgan fingerprint density at radius 3 is 2.65 bits per heavy atom. The van der Waals surface area contributed by atoms with E-state index in [9.17, 15) is 9.59 Å². The van der Waals surface area contributed by atoms with Gasteiger partial charge in [0.1, 0.15) is 0 Å². The van der Waals surface area contributed by atoms with Gasteiger partial charge in [0.2, 0.25) is 5.56 Å². The van der Waals surface area contributed by atoms with Crippen LogP contribution in [-0.2, 0) is 0 Å². The maximum atomic E-state index is 12.1. The number of aromatic nitrogens is 1. The highest BCUT2D eigenvalue weighted by Crippen LogP contribution is 2.12. The Kier molecular flexibility index (Phi) is 3.58. The molecule has 5 nitrogen and oxygen atoms in total. The number of rotatable bonds is 2. The summed E-state index contributed by atoms with van der Waals surface area (Å²) in [5.74, 6) is -0.0341. The molecular formula is C12H17N3O2. The lowest BCUT2D eigenvalue weighted by Gasteiger charge is -2.31. The minimum atomic E-state index is -0.189. The molecule has 1 aliphatic heterocycles. The summed E-state index contributed by atoms with van der Waals surface area (Å²) in [6.07, 6.45) is 3.43. The lowest BCUT2D eigenvalue weighted by Crippen LogP contribution is -2.44. The molecule has 0 unspecified atom stereocenters. The molecule has 1 amide bonds. The largest absolute Gasteiger partial charge is 0.339 e. The minimum Gasteiger partial charge on any atom is -0.339 e. The molecule has 2 heterocycles. The summed E-state index contributed by atoms with van der Waals surface area (Å²) in [5.41, 5.74) is 0.344. The highest BCUT2D eigenvalue weighted by Gasteiger charge is 2.22. The van der Waals surface area contributed by atoms with E-state index in [-0.39, 0.29) is 17.5 Å². The van der Waals surface area contributed by atoms with Crippen molar-refractivity contribution in [1.29, 1.82) is 0 Å². The Labute approximate surface area is 99.8 Å². The Bertz CT molecular complexity index is 429. The Balaban J connectivity index is 2.08. The van der Waals surface area contributed by atoms with E-state index in [1.165, 1.54) is 12.3 Å². The molecule has 2 rings (SSSR count). The van der Waals surface area contributed by atoms with Crippen LogP contribution < -0.4 is 10.9 Å². The van der Waals surface area contributed by atoms with Gasteiger partial charge in [-0.25, -0.2) is 0 Å². The summed E-state index contributed by atoms with van der Waals surface area (Å²) in [6.45, 7) is 1.90. The van der Waals surface area contributed by atoms with Crippen LogP contribution in [0.2, 0.25) is 0 Å². The molecular weight excluding hydrogens is 218 g/mol. The quantitative estimate of drug-likeness (QED) is 0.769. The standard InChI is InChI=1S/C12H17N3O2/c1-15(10-4-6-13-7-5-10)12(17)9-2-3-11(16)14-8-9/h2-3,8,10,13H,4-7H2,1H3,(H,14,16). The fraction of sp³-hybridized carbons (Fsp3) is 0.500. The average Bonchev–Trinajstić information content (AvgIpc) is 2.39. The van der Waals surface area contributed by atoms with E-state index in [0.717, 1.165) is 25.9 Å². The lowest BCUT2D eigenvalue weighted by molar-refractivity contribution is 0.0703. The van der Waals surface area contributed by atoms with Crippen LogP contribution in [0.25, 0.3) is 0 Å². The Morgan fingerprint density at radius 1 is 1.35 bits per heavy atom. The van der Waals surface area contributed by atoms with E-state index in [2.05, 4.69) is 10.3 Å². The van der Waals surface area contributed by atoms with Crippen molar-refractivity contribution in [3.8, 4) is 0 Å². The first-order valence-corrected chi connectivity index (χ1v) is 5.85. The van der Waals surface area contributed by atoms with Crippen molar-refractivity contribution in [2.75, 3.05) is 20.1 Å². The van der Waals surface area contributed by atoms with Gasteiger partial charge in [-0.2, -0.15) is 0 Å². The zero-order valence-electron chi connectivity index (χ0n) is 9.90. The van der Waals surface area contributed by atoms with Gasteiger partial charge < -0.3 is 15.2 Å². The molecule has 92 valence electrons. The number of piperidine rings is 1. The Hall–Kier alpha value is -1.62. The van der Waals surface area contributed by atoms with Crippen LogP contribution >= 0.6 is 0 Å². The van der Waals surface area contributed by atoms with Crippen molar-refractivity contribution in [3.05, 3.63) is 34.2 Å². The van der Waals surface area contributed by atoms with Crippen LogP contribution in [0.15, 0.2) is 23.1 Å². The van der Waals surface area contributed by atoms with E-state index in [0.29, 0.717) is 5.56 Å². The summed E-state index contributed by atoms with van der Waals surface area (Å²) in [4.78, 5) is 27.4. The van der Waals surface area contributed by atoms with Crippen molar-refractivity contribution in [3.63, 3.8) is 0 Å². The van der Waals surface area contributed by atoms with E-state index < -0.39 is 0 Å². The summed E-state index contributed by atoms with van der Waals surface area (Å²) >= 11 is 0. The van der Waals surface area contributed by atoms with Crippen LogP contribution in [0.3, 0.4) is 0 Å². The van der Waals surface area contributed by atoms with E-state index in [1.54, 1.807) is 11.0 Å². The predicted octanol–water partition coefficient (Wildman–Crippen LogP) is 0.199. The molecule has 0 atom stereocenters. The second-order valence-electron chi connectivity index (χ2n) is 4.34. The molecule has 17 heavy (non-hydrogen) atoms. The van der Waals surface area contributed by atoms with E-state index in [1.807, 2.05) is 7.05 Å². The fourth-order valence-corrected chi connectivity index (χ4v) is 2.11. The first-order valence-electron chi connectivity index (χ1n) is 5.85. The number of amides is 1. The molecule has 2 N–H and O–H groups in total.